The summed E-state index contributed by atoms with van der Waals surface area (Å²) in [6.07, 6.45) is 1.08. The lowest BCUT2D eigenvalue weighted by Crippen LogP contribution is -2.14. The first-order valence-electron chi connectivity index (χ1n) is 6.60. The largest absolute Gasteiger partial charge is 0.396 e. The summed E-state index contributed by atoms with van der Waals surface area (Å²) >= 11 is 0. The average Bonchev–Trinajstić information content (AvgIpc) is 2.42. The van der Waals surface area contributed by atoms with Gasteiger partial charge in [-0.25, -0.2) is 4.39 Å². The van der Waals surface area contributed by atoms with Crippen LogP contribution in [0.1, 0.15) is 32.8 Å². The van der Waals surface area contributed by atoms with Crippen molar-refractivity contribution in [3.63, 3.8) is 0 Å². The Bertz CT molecular complexity index is 570. The lowest BCUT2D eigenvalue weighted by Gasteiger charge is -2.23. The molecular weight excluding hydrogens is 237 g/mol. The topological polar surface area (TPSA) is 26.0 Å². The Balaban J connectivity index is 2.41. The number of nitrogen functional groups attached to an aromatic ring is 1. The molecule has 0 aromatic heterocycles. The minimum Gasteiger partial charge on any atom is -0.396 e. The van der Waals surface area contributed by atoms with Crippen LogP contribution in [0.3, 0.4) is 0 Å². The van der Waals surface area contributed by atoms with E-state index in [0.29, 0.717) is 0 Å². The van der Waals surface area contributed by atoms with Gasteiger partial charge in [-0.15, -0.1) is 0 Å². The minimum absolute atomic E-state index is 0.159. The van der Waals surface area contributed by atoms with E-state index in [1.807, 2.05) is 18.2 Å². The number of hydrogen-bond acceptors (Lipinski definition) is 1. The molecule has 0 radical (unpaired) electrons. The molecule has 0 unspecified atom stereocenters. The Kier molecular flexibility index (Phi) is 3.61. The fourth-order valence-electron chi connectivity index (χ4n) is 2.09. The lowest BCUT2D eigenvalue weighted by atomic mass is 9.82. The summed E-state index contributed by atoms with van der Waals surface area (Å²) in [4.78, 5) is 0. The van der Waals surface area contributed by atoms with Crippen LogP contribution >= 0.6 is 0 Å². The van der Waals surface area contributed by atoms with Gasteiger partial charge < -0.3 is 5.73 Å². The molecular formula is C17H20FN. The van der Waals surface area contributed by atoms with Gasteiger partial charge in [0.05, 0.1) is 5.69 Å². The zero-order valence-corrected chi connectivity index (χ0v) is 11.7. The van der Waals surface area contributed by atoms with Gasteiger partial charge in [0.1, 0.15) is 5.82 Å². The number of halogens is 1. The van der Waals surface area contributed by atoms with E-state index in [1.165, 1.54) is 11.6 Å². The van der Waals surface area contributed by atoms with Crippen molar-refractivity contribution in [3.05, 3.63) is 53.8 Å². The van der Waals surface area contributed by atoms with Crippen molar-refractivity contribution in [2.24, 2.45) is 0 Å². The monoisotopic (exact) mass is 257 g/mol. The Hall–Kier alpha value is -1.83. The summed E-state index contributed by atoms with van der Waals surface area (Å²) in [7, 11) is 0. The molecule has 0 saturated carbocycles. The molecule has 2 rings (SSSR count). The number of hydrogen-bond donors (Lipinski definition) is 1. The van der Waals surface area contributed by atoms with E-state index in [-0.39, 0.29) is 16.9 Å². The van der Waals surface area contributed by atoms with Gasteiger partial charge in [-0.2, -0.15) is 0 Å². The molecule has 1 nitrogen and oxygen atoms in total. The second-order valence-electron chi connectivity index (χ2n) is 5.52. The SMILES string of the molecule is CCC(C)(C)c1ccc(-c2cccc(F)c2N)cc1. The first kappa shape index (κ1) is 13.6. The highest BCUT2D eigenvalue weighted by atomic mass is 19.1. The van der Waals surface area contributed by atoms with Crippen LogP contribution < -0.4 is 5.73 Å². The maximum absolute atomic E-state index is 13.5. The van der Waals surface area contributed by atoms with Crippen LogP contribution in [0.4, 0.5) is 10.1 Å². The highest BCUT2D eigenvalue weighted by molar-refractivity contribution is 5.76. The number of para-hydroxylation sites is 1. The highest BCUT2D eigenvalue weighted by Gasteiger charge is 2.17. The van der Waals surface area contributed by atoms with Gasteiger partial charge in [-0.05, 0) is 29.0 Å². The molecule has 0 saturated heterocycles. The van der Waals surface area contributed by atoms with Crippen LogP contribution in [-0.2, 0) is 5.41 Å². The van der Waals surface area contributed by atoms with E-state index in [9.17, 15) is 4.39 Å². The fraction of sp³-hybridized carbons (Fsp3) is 0.294. The van der Waals surface area contributed by atoms with E-state index in [1.54, 1.807) is 6.07 Å². The summed E-state index contributed by atoms with van der Waals surface area (Å²) in [5.74, 6) is -0.365. The molecule has 0 aliphatic carbocycles. The van der Waals surface area contributed by atoms with E-state index in [0.717, 1.165) is 17.5 Å². The molecule has 0 fully saturated rings. The molecule has 0 aliphatic heterocycles. The van der Waals surface area contributed by atoms with Crippen molar-refractivity contribution < 1.29 is 4.39 Å². The van der Waals surface area contributed by atoms with Gasteiger partial charge >= 0.3 is 0 Å². The van der Waals surface area contributed by atoms with Crippen molar-refractivity contribution in [1.29, 1.82) is 0 Å². The third kappa shape index (κ3) is 2.62. The molecule has 2 heteroatoms. The smallest absolute Gasteiger partial charge is 0.146 e. The molecule has 0 aliphatic rings. The summed E-state index contributed by atoms with van der Waals surface area (Å²) in [5.41, 5.74) is 9.15. The van der Waals surface area contributed by atoms with Crippen LogP contribution in [0.15, 0.2) is 42.5 Å². The second kappa shape index (κ2) is 5.04. The molecule has 100 valence electrons. The quantitative estimate of drug-likeness (QED) is 0.788. The molecule has 0 atom stereocenters. The lowest BCUT2D eigenvalue weighted by molar-refractivity contribution is 0.506. The molecule has 19 heavy (non-hydrogen) atoms. The van der Waals surface area contributed by atoms with E-state index in [4.69, 9.17) is 5.73 Å². The zero-order valence-electron chi connectivity index (χ0n) is 11.7. The molecule has 2 aromatic rings. The number of nitrogens with two attached hydrogens (primary N) is 1. The first-order chi connectivity index (χ1) is 8.95. The summed E-state index contributed by atoms with van der Waals surface area (Å²) in [5, 5.41) is 0. The van der Waals surface area contributed by atoms with Gasteiger partial charge in [0.15, 0.2) is 0 Å². The summed E-state index contributed by atoms with van der Waals surface area (Å²) in [6, 6.07) is 13.1. The Morgan fingerprint density at radius 3 is 2.26 bits per heavy atom. The van der Waals surface area contributed by atoms with Crippen molar-refractivity contribution in [3.8, 4) is 11.1 Å². The molecule has 0 spiro atoms. The normalized spacial score (nSPS) is 11.6. The van der Waals surface area contributed by atoms with Crippen molar-refractivity contribution in [1.82, 2.24) is 0 Å². The van der Waals surface area contributed by atoms with Crippen LogP contribution in [-0.4, -0.2) is 0 Å². The van der Waals surface area contributed by atoms with E-state index in [2.05, 4.69) is 32.9 Å². The van der Waals surface area contributed by atoms with Gasteiger partial charge in [0.25, 0.3) is 0 Å². The predicted molar refractivity (Wildman–Crippen MR) is 79.6 cm³/mol. The highest BCUT2D eigenvalue weighted by Crippen LogP contribution is 2.31. The maximum Gasteiger partial charge on any atom is 0.146 e. The first-order valence-corrected chi connectivity index (χ1v) is 6.60. The third-order valence-corrected chi connectivity index (χ3v) is 3.91. The molecule has 0 bridgehead atoms. The van der Waals surface area contributed by atoms with Crippen LogP contribution in [0.5, 0.6) is 0 Å². The second-order valence-corrected chi connectivity index (χ2v) is 5.52. The zero-order chi connectivity index (χ0) is 14.0. The van der Waals surface area contributed by atoms with Crippen molar-refractivity contribution >= 4 is 5.69 Å². The van der Waals surface area contributed by atoms with Crippen molar-refractivity contribution in [2.75, 3.05) is 5.73 Å². The average molecular weight is 257 g/mol. The van der Waals surface area contributed by atoms with Crippen LogP contribution in [0.2, 0.25) is 0 Å². The van der Waals surface area contributed by atoms with E-state index < -0.39 is 0 Å². The Labute approximate surface area is 114 Å². The minimum atomic E-state index is -0.365. The fourth-order valence-corrected chi connectivity index (χ4v) is 2.09. The summed E-state index contributed by atoms with van der Waals surface area (Å²) < 4.78 is 13.5. The number of rotatable bonds is 3. The summed E-state index contributed by atoms with van der Waals surface area (Å²) in [6.45, 7) is 6.62. The van der Waals surface area contributed by atoms with Gasteiger partial charge in [-0.3, -0.25) is 0 Å². The molecule has 2 aromatic carbocycles. The molecule has 0 heterocycles. The van der Waals surface area contributed by atoms with Crippen LogP contribution in [0.25, 0.3) is 11.1 Å². The number of benzene rings is 2. The number of anilines is 1. The van der Waals surface area contributed by atoms with Gasteiger partial charge in [-0.1, -0.05) is 57.2 Å². The van der Waals surface area contributed by atoms with Crippen LogP contribution in [0, 0.1) is 5.82 Å². The Morgan fingerprint density at radius 1 is 1.05 bits per heavy atom. The van der Waals surface area contributed by atoms with Crippen molar-refractivity contribution in [2.45, 2.75) is 32.6 Å². The van der Waals surface area contributed by atoms with E-state index >= 15 is 0 Å². The standard InChI is InChI=1S/C17H20FN/c1-4-17(2,3)13-10-8-12(9-11-13)14-6-5-7-15(18)16(14)19/h5-11H,4,19H2,1-3H3. The third-order valence-electron chi connectivity index (χ3n) is 3.91. The van der Waals surface area contributed by atoms with Gasteiger partial charge in [0, 0.05) is 5.56 Å². The van der Waals surface area contributed by atoms with Gasteiger partial charge in [0.2, 0.25) is 0 Å². The molecule has 2 N–H and O–H groups in total. The maximum atomic E-state index is 13.5. The molecule has 0 amide bonds. The Morgan fingerprint density at radius 2 is 1.68 bits per heavy atom. The predicted octanol–water partition coefficient (Wildman–Crippen LogP) is 4.76.